The lowest BCUT2D eigenvalue weighted by atomic mass is 10.2. The summed E-state index contributed by atoms with van der Waals surface area (Å²) < 4.78 is 5.00. The SMILES string of the molecule is Clc1cccc(-c2nnc(SCC3CC3(Cl)Cl)o2)c1. The molecule has 3 rings (SSSR count). The van der Waals surface area contributed by atoms with Gasteiger partial charge in [-0.1, -0.05) is 29.4 Å². The average molecular weight is 336 g/mol. The van der Waals surface area contributed by atoms with Crippen LogP contribution in [-0.4, -0.2) is 20.3 Å². The van der Waals surface area contributed by atoms with Gasteiger partial charge in [-0.2, -0.15) is 0 Å². The summed E-state index contributed by atoms with van der Waals surface area (Å²) in [5.41, 5.74) is 0.808. The number of benzene rings is 1. The minimum atomic E-state index is -0.567. The molecular weight excluding hydrogens is 327 g/mol. The van der Waals surface area contributed by atoms with Crippen molar-refractivity contribution < 1.29 is 4.42 Å². The van der Waals surface area contributed by atoms with Crippen LogP contribution in [0.4, 0.5) is 0 Å². The van der Waals surface area contributed by atoms with Crippen LogP contribution >= 0.6 is 46.6 Å². The first kappa shape index (κ1) is 13.6. The highest BCUT2D eigenvalue weighted by atomic mass is 35.5. The van der Waals surface area contributed by atoms with Gasteiger partial charge in [-0.25, -0.2) is 0 Å². The molecule has 0 bridgehead atoms. The zero-order valence-electron chi connectivity index (χ0n) is 9.65. The molecule has 19 heavy (non-hydrogen) atoms. The van der Waals surface area contributed by atoms with Gasteiger partial charge in [0.1, 0.15) is 4.33 Å². The summed E-state index contributed by atoms with van der Waals surface area (Å²) in [6.07, 6.45) is 0.818. The van der Waals surface area contributed by atoms with Gasteiger partial charge in [0.05, 0.1) is 0 Å². The number of halogens is 3. The molecule has 7 heteroatoms. The quantitative estimate of drug-likeness (QED) is 0.601. The van der Waals surface area contributed by atoms with Crippen molar-refractivity contribution in [1.29, 1.82) is 0 Å². The Morgan fingerprint density at radius 3 is 2.84 bits per heavy atom. The second-order valence-electron chi connectivity index (χ2n) is 4.36. The topological polar surface area (TPSA) is 38.9 Å². The molecule has 100 valence electrons. The van der Waals surface area contributed by atoms with E-state index in [1.54, 1.807) is 12.1 Å². The Kier molecular flexibility index (Phi) is 3.69. The molecule has 1 atom stereocenters. The summed E-state index contributed by atoms with van der Waals surface area (Å²) in [6.45, 7) is 0. The normalized spacial score (nSPS) is 20.5. The van der Waals surface area contributed by atoms with E-state index in [4.69, 9.17) is 39.2 Å². The fourth-order valence-electron chi connectivity index (χ4n) is 1.63. The monoisotopic (exact) mass is 334 g/mol. The Morgan fingerprint density at radius 2 is 2.16 bits per heavy atom. The average Bonchev–Trinajstić information content (AvgIpc) is 2.78. The molecule has 0 spiro atoms. The van der Waals surface area contributed by atoms with Gasteiger partial charge >= 0.3 is 0 Å². The summed E-state index contributed by atoms with van der Waals surface area (Å²) in [5, 5.41) is 9.14. The van der Waals surface area contributed by atoms with E-state index in [2.05, 4.69) is 10.2 Å². The maximum atomic E-state index is 5.96. The van der Waals surface area contributed by atoms with Gasteiger partial charge in [0.15, 0.2) is 0 Å². The standard InChI is InChI=1S/C12H9Cl3N2OS/c13-9-3-1-2-7(4-9)10-16-17-11(18-10)19-6-8-5-12(8,14)15/h1-4,8H,5-6H2. The van der Waals surface area contributed by atoms with Gasteiger partial charge in [0, 0.05) is 22.3 Å². The van der Waals surface area contributed by atoms with Gasteiger partial charge in [-0.3, -0.25) is 0 Å². The van der Waals surface area contributed by atoms with Crippen molar-refractivity contribution in [1.82, 2.24) is 10.2 Å². The van der Waals surface area contributed by atoms with Gasteiger partial charge in [0.2, 0.25) is 5.89 Å². The van der Waals surface area contributed by atoms with Crippen molar-refractivity contribution in [3.8, 4) is 11.5 Å². The van der Waals surface area contributed by atoms with Crippen LogP contribution in [0.1, 0.15) is 6.42 Å². The van der Waals surface area contributed by atoms with Crippen LogP contribution < -0.4 is 0 Å². The van der Waals surface area contributed by atoms with Crippen LogP contribution in [0.3, 0.4) is 0 Å². The summed E-state index contributed by atoms with van der Waals surface area (Å²) >= 11 is 19.3. The van der Waals surface area contributed by atoms with Crippen LogP contribution in [0.2, 0.25) is 5.02 Å². The molecule has 0 N–H and O–H groups in total. The number of hydrogen-bond acceptors (Lipinski definition) is 4. The first-order valence-corrected chi connectivity index (χ1v) is 7.76. The van der Waals surface area contributed by atoms with Crippen molar-refractivity contribution in [3.05, 3.63) is 29.3 Å². The summed E-state index contributed by atoms with van der Waals surface area (Å²) in [7, 11) is 0. The molecule has 0 aliphatic heterocycles. The minimum absolute atomic E-state index is 0.294. The number of rotatable bonds is 4. The Labute approximate surface area is 129 Å². The Balaban J connectivity index is 1.66. The van der Waals surface area contributed by atoms with E-state index >= 15 is 0 Å². The van der Waals surface area contributed by atoms with E-state index in [-0.39, 0.29) is 0 Å². The van der Waals surface area contributed by atoms with E-state index < -0.39 is 4.33 Å². The Hall–Kier alpha value is -0.420. The number of thioether (sulfide) groups is 1. The maximum Gasteiger partial charge on any atom is 0.276 e. The zero-order valence-corrected chi connectivity index (χ0v) is 12.7. The van der Waals surface area contributed by atoms with Gasteiger partial charge in [0.25, 0.3) is 5.22 Å². The largest absolute Gasteiger partial charge is 0.411 e. The lowest BCUT2D eigenvalue weighted by molar-refractivity contribution is 0.465. The molecule has 1 aliphatic carbocycles. The highest BCUT2D eigenvalue weighted by molar-refractivity contribution is 7.99. The van der Waals surface area contributed by atoms with Crippen molar-refractivity contribution in [2.24, 2.45) is 5.92 Å². The van der Waals surface area contributed by atoms with Gasteiger partial charge in [-0.05, 0) is 24.6 Å². The fourth-order valence-corrected chi connectivity index (χ4v) is 3.51. The summed E-state index contributed by atoms with van der Waals surface area (Å²) in [6, 6.07) is 7.29. The van der Waals surface area contributed by atoms with E-state index in [1.165, 1.54) is 11.8 Å². The highest BCUT2D eigenvalue weighted by Gasteiger charge is 2.51. The number of alkyl halides is 2. The molecule has 1 fully saturated rings. The predicted octanol–water partition coefficient (Wildman–Crippen LogP) is 4.68. The maximum absolute atomic E-state index is 5.96. The molecule has 1 aliphatic rings. The smallest absolute Gasteiger partial charge is 0.276 e. The molecule has 1 heterocycles. The molecule has 3 nitrogen and oxygen atoms in total. The van der Waals surface area contributed by atoms with E-state index in [0.29, 0.717) is 22.1 Å². The molecule has 1 unspecified atom stereocenters. The lowest BCUT2D eigenvalue weighted by Gasteiger charge is -1.97. The molecule has 0 saturated heterocycles. The van der Waals surface area contributed by atoms with Crippen LogP contribution in [-0.2, 0) is 0 Å². The first-order chi connectivity index (χ1) is 9.04. The molecule has 1 aromatic carbocycles. The number of aromatic nitrogens is 2. The second kappa shape index (κ2) is 5.17. The van der Waals surface area contributed by atoms with Crippen LogP contribution in [0.15, 0.2) is 33.9 Å². The van der Waals surface area contributed by atoms with Crippen molar-refractivity contribution in [3.63, 3.8) is 0 Å². The zero-order chi connectivity index (χ0) is 13.5. The Morgan fingerprint density at radius 1 is 1.37 bits per heavy atom. The number of nitrogens with zero attached hydrogens (tertiary/aromatic N) is 2. The molecular formula is C12H9Cl3N2OS. The molecule has 0 radical (unpaired) electrons. The molecule has 1 aromatic heterocycles. The highest BCUT2D eigenvalue weighted by Crippen LogP contribution is 2.54. The molecule has 1 saturated carbocycles. The van der Waals surface area contributed by atoms with Crippen LogP contribution in [0, 0.1) is 5.92 Å². The Bertz CT molecular complexity index is 602. The second-order valence-corrected chi connectivity index (χ2v) is 7.31. The van der Waals surface area contributed by atoms with Gasteiger partial charge in [-0.15, -0.1) is 33.4 Å². The van der Waals surface area contributed by atoms with Crippen LogP contribution in [0.5, 0.6) is 0 Å². The first-order valence-electron chi connectivity index (χ1n) is 5.65. The fraction of sp³-hybridized carbons (Fsp3) is 0.333. The van der Waals surface area contributed by atoms with Crippen molar-refractivity contribution >= 4 is 46.6 Å². The molecule has 0 amide bonds. The van der Waals surface area contributed by atoms with E-state index in [1.807, 2.05) is 12.1 Å². The van der Waals surface area contributed by atoms with Crippen LogP contribution in [0.25, 0.3) is 11.5 Å². The molecule has 2 aromatic rings. The van der Waals surface area contributed by atoms with E-state index in [9.17, 15) is 0 Å². The van der Waals surface area contributed by atoms with E-state index in [0.717, 1.165) is 17.7 Å². The third-order valence-electron chi connectivity index (χ3n) is 2.84. The predicted molar refractivity (Wildman–Crippen MR) is 78.0 cm³/mol. The third-order valence-corrected chi connectivity index (χ3v) is 4.98. The van der Waals surface area contributed by atoms with Crippen molar-refractivity contribution in [2.45, 2.75) is 16.0 Å². The third kappa shape index (κ3) is 3.19. The number of hydrogen-bond donors (Lipinski definition) is 0. The summed E-state index contributed by atoms with van der Waals surface area (Å²) in [4.78, 5) is 0. The summed E-state index contributed by atoms with van der Waals surface area (Å²) in [5.74, 6) is 1.54. The van der Waals surface area contributed by atoms with Crippen molar-refractivity contribution in [2.75, 3.05) is 5.75 Å². The lowest BCUT2D eigenvalue weighted by Crippen LogP contribution is -1.92. The minimum Gasteiger partial charge on any atom is -0.411 e. The van der Waals surface area contributed by atoms with Gasteiger partial charge < -0.3 is 4.42 Å².